The second-order valence-electron chi connectivity index (χ2n) is 9.78. The van der Waals surface area contributed by atoms with E-state index in [1.807, 2.05) is 31.2 Å². The maximum Gasteiger partial charge on any atom is 0.274 e. The number of likely N-dealkylation sites (tertiary alicyclic amines) is 1. The van der Waals surface area contributed by atoms with Crippen LogP contribution >= 0.6 is 0 Å². The molecule has 0 spiro atoms. The first-order valence-corrected chi connectivity index (χ1v) is 13.1. The Morgan fingerprint density at radius 3 is 3.02 bits per heavy atom. The van der Waals surface area contributed by atoms with Gasteiger partial charge in [-0.3, -0.25) is 9.59 Å². The highest BCUT2D eigenvalue weighted by molar-refractivity contribution is 5.95. The number of ether oxygens (including phenoxy) is 2. The smallest absolute Gasteiger partial charge is 0.274 e. The number of nitrogens with one attached hydrogen (secondary N) is 1. The van der Waals surface area contributed by atoms with E-state index in [1.165, 1.54) is 6.20 Å². The Bertz CT molecular complexity index is 1520. The predicted molar refractivity (Wildman–Crippen MR) is 139 cm³/mol. The Morgan fingerprint density at radius 1 is 1.20 bits per heavy atom. The van der Waals surface area contributed by atoms with Crippen LogP contribution in [0.5, 0.6) is 5.75 Å². The Balaban J connectivity index is 1.14. The fourth-order valence-corrected chi connectivity index (χ4v) is 4.78. The minimum Gasteiger partial charge on any atom is -0.489 e. The lowest BCUT2D eigenvalue weighted by atomic mass is 10.1. The van der Waals surface area contributed by atoms with E-state index in [-0.39, 0.29) is 37.8 Å². The number of rotatable bonds is 4. The van der Waals surface area contributed by atoms with E-state index in [0.717, 1.165) is 11.1 Å². The molecule has 1 N–H and O–H groups in total. The molecule has 0 aliphatic carbocycles. The third-order valence-corrected chi connectivity index (χ3v) is 6.83. The lowest BCUT2D eigenvalue weighted by Gasteiger charge is -2.20. The fraction of sp³-hybridized carbons (Fsp3) is 0.370. The quantitative estimate of drug-likeness (QED) is 0.401. The van der Waals surface area contributed by atoms with Crippen LogP contribution in [0.25, 0.3) is 11.4 Å². The molecule has 206 valence electrons. The van der Waals surface area contributed by atoms with Crippen molar-refractivity contribution in [2.24, 2.45) is 0 Å². The van der Waals surface area contributed by atoms with Crippen molar-refractivity contribution in [3.63, 3.8) is 0 Å². The number of amides is 2. The summed E-state index contributed by atoms with van der Waals surface area (Å²) in [6, 6.07) is 10.8. The Hall–Kier alpha value is -4.65. The molecule has 0 radical (unpaired) electrons. The average molecular weight is 545 g/mol. The number of carbonyl (C=O) groups excluding carboxylic acids is 2. The van der Waals surface area contributed by atoms with E-state index in [9.17, 15) is 9.59 Å². The second-order valence-corrected chi connectivity index (χ2v) is 9.78. The van der Waals surface area contributed by atoms with Gasteiger partial charge in [0.05, 0.1) is 31.5 Å². The molecule has 6 rings (SSSR count). The van der Waals surface area contributed by atoms with Gasteiger partial charge in [0.15, 0.2) is 11.4 Å². The molecule has 2 aliphatic rings. The normalized spacial score (nSPS) is 19.2. The summed E-state index contributed by atoms with van der Waals surface area (Å²) in [7, 11) is 0. The standard InChI is InChI=1S/C27H28N8O5/c1-17-4-2-5-18(12-17)26-30-23(40-32-26)7-8-24(36)34-14-20-22(15-34)39-16-19-13-35(33-31-19)10-11-38-21-6-3-9-28-25(21)27(37)29-20/h2-6,9,12-13,20,22H,7-8,10-11,14-16H2,1H3,(H,29,37)/t20-,22-/m0/s1. The number of aryl methyl sites for hydroxylation is 2. The SMILES string of the molecule is Cc1cccc(-c2noc(CCC(=O)N3C[C@@H]4NC(=O)c5ncccc5OCCn5cc(nn5)CO[C@H]4C3)n2)c1. The van der Waals surface area contributed by atoms with Gasteiger partial charge >= 0.3 is 0 Å². The van der Waals surface area contributed by atoms with Crippen LogP contribution in [0.3, 0.4) is 0 Å². The molecule has 2 bridgehead atoms. The summed E-state index contributed by atoms with van der Waals surface area (Å²) in [5.74, 6) is 0.740. The number of benzene rings is 1. The van der Waals surface area contributed by atoms with Gasteiger partial charge in [0.25, 0.3) is 5.91 Å². The van der Waals surface area contributed by atoms with Gasteiger partial charge in [-0.15, -0.1) is 5.10 Å². The van der Waals surface area contributed by atoms with Crippen molar-refractivity contribution in [3.8, 4) is 17.1 Å². The van der Waals surface area contributed by atoms with Gasteiger partial charge in [0.1, 0.15) is 12.3 Å². The highest BCUT2D eigenvalue weighted by atomic mass is 16.5. The summed E-state index contributed by atoms with van der Waals surface area (Å²) in [5, 5.41) is 15.3. The van der Waals surface area contributed by atoms with Gasteiger partial charge in [-0.05, 0) is 25.1 Å². The largest absolute Gasteiger partial charge is 0.489 e. The number of nitrogens with zero attached hydrogens (tertiary/aromatic N) is 7. The van der Waals surface area contributed by atoms with Gasteiger partial charge in [0, 0.05) is 37.7 Å². The second kappa shape index (κ2) is 11.2. The van der Waals surface area contributed by atoms with Crippen molar-refractivity contribution in [1.82, 2.24) is 40.3 Å². The molecule has 0 saturated carbocycles. The molecule has 5 heterocycles. The Morgan fingerprint density at radius 2 is 2.12 bits per heavy atom. The summed E-state index contributed by atoms with van der Waals surface area (Å²) in [4.78, 5) is 36.7. The first-order valence-electron chi connectivity index (χ1n) is 13.1. The van der Waals surface area contributed by atoms with Crippen LogP contribution < -0.4 is 10.1 Å². The van der Waals surface area contributed by atoms with Gasteiger partial charge < -0.3 is 24.2 Å². The van der Waals surface area contributed by atoms with Crippen molar-refractivity contribution in [2.45, 2.75) is 45.1 Å². The highest BCUT2D eigenvalue weighted by Crippen LogP contribution is 2.21. The topological polar surface area (TPSA) is 150 Å². The van der Waals surface area contributed by atoms with Gasteiger partial charge in [-0.25, -0.2) is 9.67 Å². The zero-order valence-corrected chi connectivity index (χ0v) is 21.9. The van der Waals surface area contributed by atoms with Crippen molar-refractivity contribution in [3.05, 3.63) is 71.6 Å². The summed E-state index contributed by atoms with van der Waals surface area (Å²) in [6.07, 6.45) is 3.35. The van der Waals surface area contributed by atoms with E-state index in [4.69, 9.17) is 14.0 Å². The number of pyridine rings is 1. The lowest BCUT2D eigenvalue weighted by molar-refractivity contribution is -0.130. The predicted octanol–water partition coefficient (Wildman–Crippen LogP) is 1.58. The minimum absolute atomic E-state index is 0.105. The minimum atomic E-state index is -0.458. The molecular weight excluding hydrogens is 516 g/mol. The molecule has 1 aromatic carbocycles. The van der Waals surface area contributed by atoms with E-state index in [1.54, 1.807) is 27.9 Å². The molecule has 1 fully saturated rings. The summed E-state index contributed by atoms with van der Waals surface area (Å²) in [5.41, 5.74) is 2.77. The number of hydrogen-bond donors (Lipinski definition) is 1. The van der Waals surface area contributed by atoms with Crippen LogP contribution in [0.1, 0.15) is 34.1 Å². The van der Waals surface area contributed by atoms with Crippen LogP contribution in [0.2, 0.25) is 0 Å². The van der Waals surface area contributed by atoms with Gasteiger partial charge in [-0.1, -0.05) is 34.1 Å². The van der Waals surface area contributed by atoms with Crippen LogP contribution in [-0.2, 0) is 29.1 Å². The number of carbonyl (C=O) groups is 2. The third-order valence-electron chi connectivity index (χ3n) is 6.83. The average Bonchev–Trinajstić information content (AvgIpc) is 3.71. The van der Waals surface area contributed by atoms with Crippen molar-refractivity contribution >= 4 is 11.8 Å². The van der Waals surface area contributed by atoms with E-state index in [2.05, 4.69) is 30.8 Å². The molecule has 2 atom stereocenters. The number of hydrogen-bond acceptors (Lipinski definition) is 10. The summed E-state index contributed by atoms with van der Waals surface area (Å²) < 4.78 is 19.0. The van der Waals surface area contributed by atoms with Crippen LogP contribution in [-0.4, -0.2) is 78.7 Å². The molecule has 2 amide bonds. The number of aromatic nitrogens is 6. The van der Waals surface area contributed by atoms with Crippen molar-refractivity contribution in [2.75, 3.05) is 19.7 Å². The highest BCUT2D eigenvalue weighted by Gasteiger charge is 2.38. The maximum absolute atomic E-state index is 13.2. The Labute approximate surface area is 229 Å². The fourth-order valence-electron chi connectivity index (χ4n) is 4.78. The molecular formula is C27H28N8O5. The zero-order valence-electron chi connectivity index (χ0n) is 21.9. The van der Waals surface area contributed by atoms with Crippen LogP contribution in [0, 0.1) is 6.92 Å². The number of fused-ring (bicyclic) bond motifs is 4. The molecule has 1 saturated heterocycles. The molecule has 40 heavy (non-hydrogen) atoms. The van der Waals surface area contributed by atoms with Crippen LogP contribution in [0.4, 0.5) is 0 Å². The summed E-state index contributed by atoms with van der Waals surface area (Å²) >= 11 is 0. The van der Waals surface area contributed by atoms with Crippen molar-refractivity contribution in [1.29, 1.82) is 0 Å². The van der Waals surface area contributed by atoms with E-state index >= 15 is 0 Å². The monoisotopic (exact) mass is 544 g/mol. The van der Waals surface area contributed by atoms with E-state index < -0.39 is 18.1 Å². The van der Waals surface area contributed by atoms with Gasteiger partial charge in [-0.2, -0.15) is 4.98 Å². The molecule has 0 unspecified atom stereocenters. The molecule has 13 nitrogen and oxygen atoms in total. The van der Waals surface area contributed by atoms with Gasteiger partial charge in [0.2, 0.25) is 17.6 Å². The summed E-state index contributed by atoms with van der Waals surface area (Å²) in [6.45, 7) is 3.51. The zero-order chi connectivity index (χ0) is 27.5. The molecule has 13 heteroatoms. The maximum atomic E-state index is 13.2. The molecule has 4 aromatic rings. The Kier molecular flexibility index (Phi) is 7.19. The first-order chi connectivity index (χ1) is 19.5. The van der Waals surface area contributed by atoms with Crippen LogP contribution in [0.15, 0.2) is 53.3 Å². The molecule has 2 aliphatic heterocycles. The third kappa shape index (κ3) is 5.69. The van der Waals surface area contributed by atoms with Crippen molar-refractivity contribution < 1.29 is 23.6 Å². The van der Waals surface area contributed by atoms with E-state index in [0.29, 0.717) is 42.7 Å². The lowest BCUT2D eigenvalue weighted by Crippen LogP contribution is -2.44. The first kappa shape index (κ1) is 25.6. The molecule has 3 aromatic heterocycles.